The zero-order chi connectivity index (χ0) is 13.7. The average Bonchev–Trinajstić information content (AvgIpc) is 2.42. The highest BCUT2D eigenvalue weighted by Gasteiger charge is 2.15. The highest BCUT2D eigenvalue weighted by molar-refractivity contribution is 5.54. The van der Waals surface area contributed by atoms with Crippen molar-refractivity contribution in [2.45, 2.75) is 39.5 Å². The van der Waals surface area contributed by atoms with Crippen molar-refractivity contribution in [2.75, 3.05) is 30.8 Å². The van der Waals surface area contributed by atoms with Gasteiger partial charge in [-0.2, -0.15) is 0 Å². The molecule has 0 radical (unpaired) electrons. The van der Waals surface area contributed by atoms with E-state index in [0.29, 0.717) is 11.7 Å². The summed E-state index contributed by atoms with van der Waals surface area (Å²) in [5.41, 5.74) is 6.89. The molecule has 1 aromatic heterocycles. The molecular formula is C14H24N4O. The van der Waals surface area contributed by atoms with Gasteiger partial charge in [-0.05, 0) is 32.1 Å². The molecule has 1 fully saturated rings. The van der Waals surface area contributed by atoms with Crippen molar-refractivity contribution in [3.05, 3.63) is 11.4 Å². The van der Waals surface area contributed by atoms with Gasteiger partial charge >= 0.3 is 0 Å². The van der Waals surface area contributed by atoms with Crippen molar-refractivity contribution in [3.8, 4) is 0 Å². The maximum absolute atomic E-state index is 5.94. The first-order valence-electron chi connectivity index (χ1n) is 7.15. The smallest absolute Gasteiger partial charge is 0.134 e. The zero-order valence-electron chi connectivity index (χ0n) is 11.9. The van der Waals surface area contributed by atoms with E-state index in [4.69, 9.17) is 10.5 Å². The van der Waals surface area contributed by atoms with E-state index in [9.17, 15) is 0 Å². The lowest BCUT2D eigenvalue weighted by Gasteiger charge is -2.23. The lowest BCUT2D eigenvalue weighted by molar-refractivity contribution is 0.0595. The number of nitrogens with zero attached hydrogens (tertiary/aromatic N) is 2. The Bertz CT molecular complexity index is 416. The molecule has 0 saturated carbocycles. The molecule has 0 aliphatic carbocycles. The van der Waals surface area contributed by atoms with Crippen LogP contribution in [0, 0.1) is 12.8 Å². The Labute approximate surface area is 115 Å². The standard InChI is InChI=1S/C14H24N4O/c1-3-5-12-17-13(15)10(2)14(18-12)16-8-11-6-4-7-19-9-11/h11H,3-9H2,1-2H3,(H3,15,16,17,18). The molecule has 1 aromatic rings. The van der Waals surface area contributed by atoms with Gasteiger partial charge in [0.2, 0.25) is 0 Å². The maximum Gasteiger partial charge on any atom is 0.134 e. The highest BCUT2D eigenvalue weighted by Crippen LogP contribution is 2.20. The lowest BCUT2D eigenvalue weighted by atomic mass is 10.0. The average molecular weight is 264 g/mol. The molecule has 1 unspecified atom stereocenters. The van der Waals surface area contributed by atoms with Crippen molar-refractivity contribution in [2.24, 2.45) is 5.92 Å². The second-order valence-corrected chi connectivity index (χ2v) is 5.21. The lowest BCUT2D eigenvalue weighted by Crippen LogP contribution is -2.25. The number of hydrogen-bond donors (Lipinski definition) is 2. The molecule has 1 aliphatic heterocycles. The van der Waals surface area contributed by atoms with E-state index in [1.165, 1.54) is 6.42 Å². The van der Waals surface area contributed by atoms with Crippen molar-refractivity contribution in [1.82, 2.24) is 9.97 Å². The van der Waals surface area contributed by atoms with Crippen LogP contribution < -0.4 is 11.1 Å². The Morgan fingerprint density at radius 1 is 1.42 bits per heavy atom. The molecule has 1 aliphatic rings. The minimum Gasteiger partial charge on any atom is -0.383 e. The molecule has 0 bridgehead atoms. The van der Waals surface area contributed by atoms with Crippen molar-refractivity contribution in [3.63, 3.8) is 0 Å². The number of nitrogens with one attached hydrogen (secondary N) is 1. The fourth-order valence-electron chi connectivity index (χ4n) is 2.30. The van der Waals surface area contributed by atoms with Crippen LogP contribution >= 0.6 is 0 Å². The molecule has 5 heteroatoms. The third kappa shape index (κ3) is 3.80. The van der Waals surface area contributed by atoms with Gasteiger partial charge < -0.3 is 15.8 Å². The van der Waals surface area contributed by atoms with Gasteiger partial charge in [-0.1, -0.05) is 6.92 Å². The normalized spacial score (nSPS) is 19.4. The fraction of sp³-hybridized carbons (Fsp3) is 0.714. The molecule has 5 nitrogen and oxygen atoms in total. The number of aromatic nitrogens is 2. The van der Waals surface area contributed by atoms with Crippen LogP contribution in [-0.4, -0.2) is 29.7 Å². The quantitative estimate of drug-likeness (QED) is 0.852. The summed E-state index contributed by atoms with van der Waals surface area (Å²) >= 11 is 0. The molecular weight excluding hydrogens is 240 g/mol. The minimum absolute atomic E-state index is 0.568. The summed E-state index contributed by atoms with van der Waals surface area (Å²) in [7, 11) is 0. The number of anilines is 2. The number of aryl methyl sites for hydroxylation is 1. The van der Waals surface area contributed by atoms with E-state index in [-0.39, 0.29) is 0 Å². The van der Waals surface area contributed by atoms with Gasteiger partial charge in [0.1, 0.15) is 17.5 Å². The summed E-state index contributed by atoms with van der Waals surface area (Å²) in [6.45, 7) is 6.71. The van der Waals surface area contributed by atoms with Crippen LogP contribution in [0.25, 0.3) is 0 Å². The summed E-state index contributed by atoms with van der Waals surface area (Å²) in [5.74, 6) is 2.86. The Hall–Kier alpha value is -1.36. The summed E-state index contributed by atoms with van der Waals surface area (Å²) in [6, 6.07) is 0. The summed E-state index contributed by atoms with van der Waals surface area (Å²) in [5, 5.41) is 3.41. The molecule has 2 heterocycles. The maximum atomic E-state index is 5.94. The molecule has 3 N–H and O–H groups in total. The topological polar surface area (TPSA) is 73.1 Å². The number of ether oxygens (including phenoxy) is 1. The van der Waals surface area contributed by atoms with Crippen LogP contribution in [0.1, 0.15) is 37.6 Å². The number of hydrogen-bond acceptors (Lipinski definition) is 5. The van der Waals surface area contributed by atoms with Gasteiger partial charge in [-0.3, -0.25) is 0 Å². The molecule has 106 valence electrons. The molecule has 1 saturated heterocycles. The van der Waals surface area contributed by atoms with Crippen LogP contribution in [-0.2, 0) is 11.2 Å². The highest BCUT2D eigenvalue weighted by atomic mass is 16.5. The van der Waals surface area contributed by atoms with Gasteiger partial charge in [0.25, 0.3) is 0 Å². The van der Waals surface area contributed by atoms with Crippen LogP contribution in [0.3, 0.4) is 0 Å². The van der Waals surface area contributed by atoms with E-state index in [1.807, 2.05) is 6.92 Å². The van der Waals surface area contributed by atoms with Crippen LogP contribution in [0.15, 0.2) is 0 Å². The molecule has 1 atom stereocenters. The van der Waals surface area contributed by atoms with Crippen molar-refractivity contribution >= 4 is 11.6 Å². The Balaban J connectivity index is 2.01. The molecule has 2 rings (SSSR count). The number of rotatable bonds is 5. The largest absolute Gasteiger partial charge is 0.383 e. The predicted molar refractivity (Wildman–Crippen MR) is 77.2 cm³/mol. The van der Waals surface area contributed by atoms with E-state index in [1.54, 1.807) is 0 Å². The Morgan fingerprint density at radius 3 is 2.95 bits per heavy atom. The third-order valence-corrected chi connectivity index (χ3v) is 3.52. The van der Waals surface area contributed by atoms with Crippen LogP contribution in [0.5, 0.6) is 0 Å². The van der Waals surface area contributed by atoms with Gasteiger partial charge in [-0.15, -0.1) is 0 Å². The third-order valence-electron chi connectivity index (χ3n) is 3.52. The van der Waals surface area contributed by atoms with Gasteiger partial charge in [0.05, 0.1) is 6.61 Å². The predicted octanol–water partition coefficient (Wildman–Crippen LogP) is 2.16. The second-order valence-electron chi connectivity index (χ2n) is 5.21. The zero-order valence-corrected chi connectivity index (χ0v) is 11.9. The fourth-order valence-corrected chi connectivity index (χ4v) is 2.30. The first-order chi connectivity index (χ1) is 9.20. The summed E-state index contributed by atoms with van der Waals surface area (Å²) in [6.07, 6.45) is 4.26. The van der Waals surface area contributed by atoms with E-state index < -0.39 is 0 Å². The summed E-state index contributed by atoms with van der Waals surface area (Å²) in [4.78, 5) is 8.88. The minimum atomic E-state index is 0.568. The second kappa shape index (κ2) is 6.70. The monoisotopic (exact) mass is 264 g/mol. The first kappa shape index (κ1) is 14.1. The summed E-state index contributed by atoms with van der Waals surface area (Å²) < 4.78 is 5.49. The SMILES string of the molecule is CCCc1nc(N)c(C)c(NCC2CCCOC2)n1. The number of nitrogens with two attached hydrogens (primary N) is 1. The molecule has 0 spiro atoms. The Morgan fingerprint density at radius 2 is 2.26 bits per heavy atom. The van der Waals surface area contributed by atoms with E-state index >= 15 is 0 Å². The van der Waals surface area contributed by atoms with E-state index in [0.717, 1.165) is 56.2 Å². The van der Waals surface area contributed by atoms with Crippen molar-refractivity contribution in [1.29, 1.82) is 0 Å². The van der Waals surface area contributed by atoms with Crippen molar-refractivity contribution < 1.29 is 4.74 Å². The van der Waals surface area contributed by atoms with Gasteiger partial charge in [0, 0.05) is 25.1 Å². The molecule has 0 amide bonds. The molecule has 0 aromatic carbocycles. The molecule has 19 heavy (non-hydrogen) atoms. The van der Waals surface area contributed by atoms with Crippen LogP contribution in [0.2, 0.25) is 0 Å². The van der Waals surface area contributed by atoms with Crippen LogP contribution in [0.4, 0.5) is 11.6 Å². The van der Waals surface area contributed by atoms with Gasteiger partial charge in [0.15, 0.2) is 0 Å². The van der Waals surface area contributed by atoms with Gasteiger partial charge in [-0.25, -0.2) is 9.97 Å². The van der Waals surface area contributed by atoms with E-state index in [2.05, 4.69) is 22.2 Å². The first-order valence-corrected chi connectivity index (χ1v) is 7.15. The number of nitrogen functional groups attached to an aromatic ring is 1. The Kier molecular flexibility index (Phi) is 4.96.